The maximum absolute atomic E-state index is 4.62. The Morgan fingerprint density at radius 3 is 1.46 bits per heavy atom. The van der Waals surface area contributed by atoms with Crippen LogP contribution in [0.5, 0.6) is 0 Å². The number of hydrogen-bond donors (Lipinski definition) is 2. The highest BCUT2D eigenvalue weighted by atomic mass is 14.8. The van der Waals surface area contributed by atoms with Crippen molar-refractivity contribution in [2.75, 3.05) is 0 Å². The smallest absolute Gasteiger partial charge is 0.0658 e. The third-order valence-electron chi connectivity index (χ3n) is 4.30. The first-order valence-electron chi connectivity index (χ1n) is 8.51. The summed E-state index contributed by atoms with van der Waals surface area (Å²) in [5.41, 5.74) is 3.71. The van der Waals surface area contributed by atoms with E-state index < -0.39 is 0 Å². The summed E-state index contributed by atoms with van der Waals surface area (Å²) >= 11 is 0. The fraction of sp³-hybridized carbons (Fsp3) is 0. The summed E-state index contributed by atoms with van der Waals surface area (Å²) in [6.45, 7) is 0. The minimum atomic E-state index is 0.923. The predicted molar refractivity (Wildman–Crippen MR) is 107 cm³/mol. The molecule has 0 fully saturated rings. The van der Waals surface area contributed by atoms with Gasteiger partial charge in [-0.15, -0.1) is 0 Å². The van der Waals surface area contributed by atoms with E-state index in [4.69, 9.17) is 0 Å². The molecule has 2 N–H and O–H groups in total. The van der Waals surface area contributed by atoms with Gasteiger partial charge in [0.05, 0.1) is 22.8 Å². The molecule has 5 heterocycles. The van der Waals surface area contributed by atoms with Crippen molar-refractivity contribution >= 4 is 35.7 Å². The Morgan fingerprint density at radius 1 is 0.500 bits per heavy atom. The maximum atomic E-state index is 4.62. The molecule has 3 aliphatic rings. The molecule has 124 valence electrons. The van der Waals surface area contributed by atoms with E-state index in [9.17, 15) is 0 Å². The number of fused-ring (bicyclic) bond motifs is 6. The second-order valence-electron chi connectivity index (χ2n) is 6.28. The first kappa shape index (κ1) is 14.7. The topological polar surface area (TPSA) is 56.3 Å². The first-order chi connectivity index (χ1) is 12.8. The lowest BCUT2D eigenvalue weighted by Gasteiger charge is -1.89. The molecule has 3 aliphatic heterocycles. The lowest BCUT2D eigenvalue weighted by atomic mass is 10.3. The van der Waals surface area contributed by atoms with Crippen LogP contribution in [0.3, 0.4) is 0 Å². The summed E-state index contributed by atoms with van der Waals surface area (Å²) in [5.74, 6) is 0. The van der Waals surface area contributed by atoms with E-state index in [0.717, 1.165) is 44.2 Å². The summed E-state index contributed by atoms with van der Waals surface area (Å²) in [4.78, 5) is 16.0. The molecule has 2 aromatic heterocycles. The number of aromatic amines is 2. The van der Waals surface area contributed by atoms with Crippen LogP contribution in [0.4, 0.5) is 0 Å². The Labute approximate surface area is 149 Å². The quantitative estimate of drug-likeness (QED) is 0.720. The third kappa shape index (κ3) is 3.00. The first-order valence-corrected chi connectivity index (χ1v) is 8.51. The van der Waals surface area contributed by atoms with Crippen LogP contribution in [0.1, 0.15) is 0 Å². The van der Waals surface area contributed by atoms with Crippen LogP contribution in [0.2, 0.25) is 0 Å². The third-order valence-corrected chi connectivity index (χ3v) is 4.30. The summed E-state index contributed by atoms with van der Waals surface area (Å²) in [6, 6.07) is 8.23. The van der Waals surface area contributed by atoms with Crippen LogP contribution in [0, 0.1) is 0 Å². The molecule has 2 aromatic rings. The summed E-state index contributed by atoms with van der Waals surface area (Å²) in [5, 5.41) is 4.16. The zero-order chi connectivity index (χ0) is 17.3. The highest BCUT2D eigenvalue weighted by Crippen LogP contribution is 2.13. The van der Waals surface area contributed by atoms with Crippen LogP contribution in [0.15, 0.2) is 82.1 Å². The molecule has 0 saturated carbocycles. The molecular weight excluding hydrogens is 320 g/mol. The van der Waals surface area contributed by atoms with Gasteiger partial charge >= 0.3 is 0 Å². The highest BCUT2D eigenvalue weighted by molar-refractivity contribution is 6.19. The standard InChI is InChI=1S/C22H16N4/c1-2-16-6-10-20(24-16)14-22-12-8-18(26-22)4-3-17-7-11-21(25-17)13-19-9-5-15(1)23-19/h1-14,23-24H. The SMILES string of the molecule is C1=CC2=NC1=CC=C1C=CC(=N1)C=c1ccc([nH]1)=CC=c1ccc([nH]1)=C2. The van der Waals surface area contributed by atoms with Crippen LogP contribution < -0.4 is 21.4 Å². The van der Waals surface area contributed by atoms with Crippen molar-refractivity contribution in [1.82, 2.24) is 9.97 Å². The number of H-pyrrole nitrogens is 2. The van der Waals surface area contributed by atoms with Gasteiger partial charge in [-0.25, -0.2) is 9.98 Å². The number of allylic oxidation sites excluding steroid dienone is 6. The minimum absolute atomic E-state index is 0.923. The molecule has 0 saturated heterocycles. The zero-order valence-corrected chi connectivity index (χ0v) is 14.0. The van der Waals surface area contributed by atoms with Gasteiger partial charge in [-0.3, -0.25) is 0 Å². The second kappa shape index (κ2) is 6.01. The number of rotatable bonds is 0. The van der Waals surface area contributed by atoms with Crippen molar-refractivity contribution in [3.8, 4) is 0 Å². The molecule has 4 nitrogen and oxygen atoms in total. The molecule has 5 rings (SSSR count). The average molecular weight is 336 g/mol. The highest BCUT2D eigenvalue weighted by Gasteiger charge is 2.03. The van der Waals surface area contributed by atoms with E-state index in [2.05, 4.69) is 56.4 Å². The number of hydrogen-bond acceptors (Lipinski definition) is 2. The molecule has 0 radical (unpaired) electrons. The van der Waals surface area contributed by atoms with Crippen LogP contribution in [-0.2, 0) is 0 Å². The van der Waals surface area contributed by atoms with Gasteiger partial charge in [-0.2, -0.15) is 0 Å². The molecule has 8 bridgehead atoms. The maximum Gasteiger partial charge on any atom is 0.0658 e. The lowest BCUT2D eigenvalue weighted by molar-refractivity contribution is 1.27. The van der Waals surface area contributed by atoms with Gasteiger partial charge in [0.2, 0.25) is 0 Å². The fourth-order valence-corrected chi connectivity index (χ4v) is 3.03. The van der Waals surface area contributed by atoms with Crippen molar-refractivity contribution in [3.63, 3.8) is 0 Å². The fourth-order valence-electron chi connectivity index (χ4n) is 3.03. The van der Waals surface area contributed by atoms with Crippen LogP contribution in [-0.4, -0.2) is 21.4 Å². The van der Waals surface area contributed by atoms with Crippen molar-refractivity contribution in [1.29, 1.82) is 0 Å². The predicted octanol–water partition coefficient (Wildman–Crippen LogP) is 0.968. The van der Waals surface area contributed by atoms with Crippen LogP contribution >= 0.6 is 0 Å². The second-order valence-corrected chi connectivity index (χ2v) is 6.28. The summed E-state index contributed by atoms with van der Waals surface area (Å²) in [7, 11) is 0. The Hall–Kier alpha value is -3.66. The van der Waals surface area contributed by atoms with Gasteiger partial charge in [0.15, 0.2) is 0 Å². The van der Waals surface area contributed by atoms with Crippen molar-refractivity contribution in [2.45, 2.75) is 0 Å². The summed E-state index contributed by atoms with van der Waals surface area (Å²) < 4.78 is 0. The van der Waals surface area contributed by atoms with Crippen molar-refractivity contribution in [2.24, 2.45) is 9.98 Å². The van der Waals surface area contributed by atoms with E-state index in [0.29, 0.717) is 0 Å². The Balaban J connectivity index is 1.70. The average Bonchev–Trinajstić information content (AvgIpc) is 3.40. The Kier molecular flexibility index (Phi) is 3.39. The van der Waals surface area contributed by atoms with E-state index in [1.807, 2.05) is 48.6 Å². The van der Waals surface area contributed by atoms with Gasteiger partial charge in [-0.1, -0.05) is 0 Å². The van der Waals surface area contributed by atoms with E-state index >= 15 is 0 Å². The van der Waals surface area contributed by atoms with Crippen molar-refractivity contribution < 1.29 is 0 Å². The molecule has 0 amide bonds. The monoisotopic (exact) mass is 336 g/mol. The minimum Gasteiger partial charge on any atom is -0.355 e. The van der Waals surface area contributed by atoms with Gasteiger partial charge in [0.25, 0.3) is 0 Å². The van der Waals surface area contributed by atoms with Crippen LogP contribution in [0.25, 0.3) is 24.3 Å². The van der Waals surface area contributed by atoms with Crippen molar-refractivity contribution in [3.05, 3.63) is 93.5 Å². The Morgan fingerprint density at radius 2 is 0.962 bits per heavy atom. The normalized spacial score (nSPS) is 17.5. The molecule has 0 aromatic carbocycles. The number of aromatic nitrogens is 2. The molecule has 0 atom stereocenters. The molecule has 0 aliphatic carbocycles. The molecule has 26 heavy (non-hydrogen) atoms. The Bertz CT molecular complexity index is 1210. The number of nitrogens with zero attached hydrogens (tertiary/aromatic N) is 2. The lowest BCUT2D eigenvalue weighted by Crippen LogP contribution is -2.12. The number of aliphatic imine (C=N–C) groups is 2. The molecule has 0 spiro atoms. The zero-order valence-electron chi connectivity index (χ0n) is 14.0. The molecular formula is C22H16N4. The van der Waals surface area contributed by atoms with Gasteiger partial charge in [-0.05, 0) is 85.0 Å². The summed E-state index contributed by atoms with van der Waals surface area (Å²) in [6.07, 6.45) is 20.2. The van der Waals surface area contributed by atoms with Gasteiger partial charge < -0.3 is 9.97 Å². The largest absolute Gasteiger partial charge is 0.355 e. The number of nitrogens with one attached hydrogen (secondary N) is 2. The van der Waals surface area contributed by atoms with E-state index in [1.165, 1.54) is 0 Å². The molecule has 0 unspecified atom stereocenters. The molecule has 4 heteroatoms. The van der Waals surface area contributed by atoms with Gasteiger partial charge in [0.1, 0.15) is 0 Å². The van der Waals surface area contributed by atoms with E-state index in [1.54, 1.807) is 0 Å². The van der Waals surface area contributed by atoms with Gasteiger partial charge in [0, 0.05) is 21.4 Å². The van der Waals surface area contributed by atoms with E-state index in [-0.39, 0.29) is 0 Å².